The smallest absolute Gasteiger partial charge is 0.244 e. The predicted molar refractivity (Wildman–Crippen MR) is 162 cm³/mol. The average molecular weight is 631 g/mol. The van der Waals surface area contributed by atoms with Gasteiger partial charge in [-0.15, -0.1) is 0 Å². The van der Waals surface area contributed by atoms with Gasteiger partial charge in [-0.25, -0.2) is 8.42 Å². The number of benzene rings is 3. The number of rotatable bonds is 14. The summed E-state index contributed by atoms with van der Waals surface area (Å²) < 4.78 is 33.5. The molecule has 1 N–H and O–H groups in total. The second-order valence-electron chi connectivity index (χ2n) is 9.32. The molecule has 0 fully saturated rings. The third kappa shape index (κ3) is 8.82. The highest BCUT2D eigenvalue weighted by Crippen LogP contribution is 2.30. The van der Waals surface area contributed by atoms with E-state index < -0.39 is 28.5 Å². The van der Waals surface area contributed by atoms with Crippen LogP contribution in [0.5, 0.6) is 5.75 Å². The van der Waals surface area contributed by atoms with Crippen LogP contribution in [0.25, 0.3) is 0 Å². The van der Waals surface area contributed by atoms with Gasteiger partial charge in [-0.2, -0.15) is 0 Å². The summed E-state index contributed by atoms with van der Waals surface area (Å²) in [5.41, 5.74) is 1.94. The molecule has 0 bridgehead atoms. The van der Waals surface area contributed by atoms with Crippen LogP contribution in [0.1, 0.15) is 31.4 Å². The van der Waals surface area contributed by atoms with E-state index in [9.17, 15) is 18.0 Å². The van der Waals surface area contributed by atoms with Crippen LogP contribution < -0.4 is 14.4 Å². The summed E-state index contributed by atoms with van der Waals surface area (Å²) >= 11 is 3.48. The summed E-state index contributed by atoms with van der Waals surface area (Å²) in [4.78, 5) is 29.1. The number of carbonyl (C=O) groups excluding carboxylic acids is 2. The Morgan fingerprint density at radius 3 is 2.27 bits per heavy atom. The van der Waals surface area contributed by atoms with E-state index >= 15 is 0 Å². The van der Waals surface area contributed by atoms with Gasteiger partial charge < -0.3 is 15.0 Å². The average Bonchev–Trinajstić information content (AvgIpc) is 2.93. The molecule has 214 valence electrons. The Hall–Kier alpha value is -3.37. The fourth-order valence-electron chi connectivity index (χ4n) is 4.29. The number of amides is 2. The van der Waals surface area contributed by atoms with Crippen LogP contribution >= 0.6 is 15.9 Å². The van der Waals surface area contributed by atoms with Crippen molar-refractivity contribution in [1.29, 1.82) is 0 Å². The fraction of sp³-hybridized carbons (Fsp3) is 0.333. The monoisotopic (exact) mass is 629 g/mol. The second-order valence-corrected chi connectivity index (χ2v) is 12.1. The summed E-state index contributed by atoms with van der Waals surface area (Å²) in [6.07, 6.45) is 2.06. The SMILES string of the molecule is CCCNC(=O)[C@H](Cc1ccccc1)N(Cc1cccc(Br)c1)C(=O)CN(c1ccccc1OCC)S(C)(=O)=O. The summed E-state index contributed by atoms with van der Waals surface area (Å²) in [7, 11) is -3.89. The summed E-state index contributed by atoms with van der Waals surface area (Å²) in [5, 5.41) is 2.93. The van der Waals surface area contributed by atoms with Crippen LogP contribution in [0.3, 0.4) is 0 Å². The van der Waals surface area contributed by atoms with Crippen LogP contribution in [-0.2, 0) is 32.6 Å². The Bertz CT molecular complexity index is 1380. The van der Waals surface area contributed by atoms with E-state index in [4.69, 9.17) is 4.74 Å². The molecule has 0 heterocycles. The van der Waals surface area contributed by atoms with Crippen LogP contribution in [0.2, 0.25) is 0 Å². The highest BCUT2D eigenvalue weighted by molar-refractivity contribution is 9.10. The van der Waals surface area contributed by atoms with Gasteiger partial charge in [0.25, 0.3) is 0 Å². The third-order valence-electron chi connectivity index (χ3n) is 6.18. The van der Waals surface area contributed by atoms with Crippen molar-refractivity contribution < 1.29 is 22.7 Å². The first-order valence-corrected chi connectivity index (χ1v) is 15.8. The predicted octanol–water partition coefficient (Wildman–Crippen LogP) is 4.78. The van der Waals surface area contributed by atoms with Crippen molar-refractivity contribution in [3.8, 4) is 5.75 Å². The zero-order chi connectivity index (χ0) is 29.1. The minimum Gasteiger partial charge on any atom is -0.492 e. The van der Waals surface area contributed by atoms with Crippen LogP contribution in [0.4, 0.5) is 5.69 Å². The first kappa shape index (κ1) is 31.2. The second kappa shape index (κ2) is 14.9. The van der Waals surface area contributed by atoms with Crippen molar-refractivity contribution in [3.05, 3.63) is 94.5 Å². The Morgan fingerprint density at radius 1 is 0.950 bits per heavy atom. The van der Waals surface area contributed by atoms with Gasteiger partial charge in [0.2, 0.25) is 21.8 Å². The Labute approximate surface area is 245 Å². The minimum atomic E-state index is -3.89. The molecular weight excluding hydrogens is 594 g/mol. The molecule has 3 aromatic rings. The molecule has 0 unspecified atom stereocenters. The zero-order valence-corrected chi connectivity index (χ0v) is 25.4. The molecule has 0 spiro atoms. The molecule has 0 aromatic heterocycles. The van der Waals surface area contributed by atoms with Crippen LogP contribution in [-0.4, -0.2) is 57.1 Å². The molecule has 0 aliphatic carbocycles. The largest absolute Gasteiger partial charge is 0.492 e. The van der Waals surface area contributed by atoms with E-state index in [1.54, 1.807) is 31.2 Å². The number of para-hydroxylation sites is 2. The van der Waals surface area contributed by atoms with E-state index in [1.807, 2.05) is 61.5 Å². The topological polar surface area (TPSA) is 96.0 Å². The highest BCUT2D eigenvalue weighted by Gasteiger charge is 2.33. The van der Waals surface area contributed by atoms with Gasteiger partial charge in [0.1, 0.15) is 18.3 Å². The molecule has 3 aromatic carbocycles. The first-order chi connectivity index (χ1) is 19.1. The maximum atomic E-state index is 14.1. The minimum absolute atomic E-state index is 0.111. The molecule has 0 aliphatic heterocycles. The summed E-state index contributed by atoms with van der Waals surface area (Å²) in [5.74, 6) is -0.456. The number of ether oxygens (including phenoxy) is 1. The van der Waals surface area contributed by atoms with Gasteiger partial charge in [0.05, 0.1) is 18.6 Å². The molecule has 3 rings (SSSR count). The van der Waals surface area contributed by atoms with Gasteiger partial charge >= 0.3 is 0 Å². The van der Waals surface area contributed by atoms with Crippen molar-refractivity contribution in [2.75, 3.05) is 30.3 Å². The summed E-state index contributed by atoms with van der Waals surface area (Å²) in [6, 6.07) is 22.8. The maximum Gasteiger partial charge on any atom is 0.244 e. The van der Waals surface area contributed by atoms with Crippen molar-refractivity contribution >= 4 is 43.5 Å². The molecule has 10 heteroatoms. The molecule has 0 radical (unpaired) electrons. The molecule has 1 atom stereocenters. The summed E-state index contributed by atoms with van der Waals surface area (Å²) in [6.45, 7) is 4.16. The van der Waals surface area contributed by atoms with Crippen molar-refractivity contribution in [2.24, 2.45) is 0 Å². The number of anilines is 1. The molecule has 0 saturated heterocycles. The standard InChI is InChI=1S/C30H36BrN3O5S/c1-4-18-32-30(36)27(20-23-12-7-6-8-13-23)33(21-24-14-11-15-25(31)19-24)29(35)22-34(40(3,37)38)26-16-9-10-17-28(26)39-5-2/h6-17,19,27H,4-5,18,20-22H2,1-3H3,(H,32,36)/t27-/m0/s1. The number of hydrogen-bond donors (Lipinski definition) is 1. The quantitative estimate of drug-likeness (QED) is 0.277. The van der Waals surface area contributed by atoms with Gasteiger partial charge in [-0.05, 0) is 48.7 Å². The van der Waals surface area contributed by atoms with E-state index in [2.05, 4.69) is 21.2 Å². The lowest BCUT2D eigenvalue weighted by Gasteiger charge is -2.33. The third-order valence-corrected chi connectivity index (χ3v) is 7.79. The number of nitrogens with one attached hydrogen (secondary N) is 1. The first-order valence-electron chi connectivity index (χ1n) is 13.2. The van der Waals surface area contributed by atoms with E-state index in [-0.39, 0.29) is 24.6 Å². The van der Waals surface area contributed by atoms with Crippen molar-refractivity contribution in [3.63, 3.8) is 0 Å². The Kier molecular flexibility index (Phi) is 11.6. The van der Waals surface area contributed by atoms with E-state index in [0.717, 1.165) is 32.6 Å². The van der Waals surface area contributed by atoms with E-state index in [0.29, 0.717) is 18.9 Å². The lowest BCUT2D eigenvalue weighted by atomic mass is 10.0. The molecule has 2 amide bonds. The Balaban J connectivity index is 2.07. The van der Waals surface area contributed by atoms with Gasteiger partial charge in [-0.3, -0.25) is 13.9 Å². The van der Waals surface area contributed by atoms with Crippen molar-refractivity contribution in [1.82, 2.24) is 10.2 Å². The molecule has 0 aliphatic rings. The number of nitrogens with zero attached hydrogens (tertiary/aromatic N) is 2. The lowest BCUT2D eigenvalue weighted by molar-refractivity contribution is -0.140. The van der Waals surface area contributed by atoms with Gasteiger partial charge in [0.15, 0.2) is 0 Å². The Morgan fingerprint density at radius 2 is 1.62 bits per heavy atom. The highest BCUT2D eigenvalue weighted by atomic mass is 79.9. The fourth-order valence-corrected chi connectivity index (χ4v) is 5.59. The van der Waals surface area contributed by atoms with E-state index in [1.165, 1.54) is 4.90 Å². The molecule has 8 nitrogen and oxygen atoms in total. The molecule has 0 saturated carbocycles. The lowest BCUT2D eigenvalue weighted by Crippen LogP contribution is -2.53. The van der Waals surface area contributed by atoms with Crippen LogP contribution in [0, 0.1) is 0 Å². The van der Waals surface area contributed by atoms with Crippen molar-refractivity contribution in [2.45, 2.75) is 39.3 Å². The molecule has 40 heavy (non-hydrogen) atoms. The van der Waals surface area contributed by atoms with Gasteiger partial charge in [-0.1, -0.05) is 77.5 Å². The normalized spacial score (nSPS) is 11.9. The number of sulfonamides is 1. The molecular formula is C30H36BrN3O5S. The number of halogens is 1. The zero-order valence-electron chi connectivity index (χ0n) is 23.0. The van der Waals surface area contributed by atoms with Crippen LogP contribution in [0.15, 0.2) is 83.3 Å². The number of carbonyl (C=O) groups is 2. The number of hydrogen-bond acceptors (Lipinski definition) is 5. The van der Waals surface area contributed by atoms with Gasteiger partial charge in [0, 0.05) is 24.0 Å². The maximum absolute atomic E-state index is 14.1.